The summed E-state index contributed by atoms with van der Waals surface area (Å²) in [6.07, 6.45) is 0. The Morgan fingerprint density at radius 2 is 1.86 bits per heavy atom. The van der Waals surface area contributed by atoms with Gasteiger partial charge in [0.25, 0.3) is 5.91 Å². The largest absolute Gasteiger partial charge is 0.493 e. The van der Waals surface area contributed by atoms with E-state index in [1.54, 1.807) is 11.8 Å². The monoisotopic (exact) mass is 379 g/mol. The standard InChI is InChI=1S/C22H25N3O3/c1-5-28-19-12-11-17(13-20(19)27-4)14-23-22(26)21-15(2)24-25(16(21)3)18-9-7-6-8-10-18/h6-13H,5,14H2,1-4H3,(H,23,26). The average Bonchev–Trinajstić information content (AvgIpc) is 3.02. The van der Waals surface area contributed by atoms with Gasteiger partial charge in [0.2, 0.25) is 0 Å². The molecule has 0 saturated carbocycles. The molecule has 1 heterocycles. The molecule has 6 heteroatoms. The highest BCUT2D eigenvalue weighted by Gasteiger charge is 2.19. The molecule has 0 spiro atoms. The number of benzene rings is 2. The fourth-order valence-electron chi connectivity index (χ4n) is 3.16. The molecule has 1 N–H and O–H groups in total. The van der Waals surface area contributed by atoms with Gasteiger partial charge in [0.05, 0.1) is 36.4 Å². The van der Waals surface area contributed by atoms with Gasteiger partial charge in [-0.25, -0.2) is 4.68 Å². The van der Waals surface area contributed by atoms with Crippen molar-refractivity contribution in [3.8, 4) is 17.2 Å². The van der Waals surface area contributed by atoms with Crippen molar-refractivity contribution in [1.29, 1.82) is 0 Å². The Kier molecular flexibility index (Phi) is 5.99. The first-order valence-corrected chi connectivity index (χ1v) is 9.24. The molecule has 146 valence electrons. The highest BCUT2D eigenvalue weighted by Crippen LogP contribution is 2.28. The van der Waals surface area contributed by atoms with Crippen LogP contribution in [0.5, 0.6) is 11.5 Å². The van der Waals surface area contributed by atoms with Gasteiger partial charge < -0.3 is 14.8 Å². The number of carbonyl (C=O) groups is 1. The van der Waals surface area contributed by atoms with Crippen molar-refractivity contribution >= 4 is 5.91 Å². The molecule has 0 aliphatic heterocycles. The van der Waals surface area contributed by atoms with Crippen LogP contribution in [0.2, 0.25) is 0 Å². The van der Waals surface area contributed by atoms with Gasteiger partial charge >= 0.3 is 0 Å². The van der Waals surface area contributed by atoms with Crippen molar-refractivity contribution < 1.29 is 14.3 Å². The molecule has 0 atom stereocenters. The van der Waals surface area contributed by atoms with E-state index in [4.69, 9.17) is 9.47 Å². The van der Waals surface area contributed by atoms with Crippen LogP contribution < -0.4 is 14.8 Å². The summed E-state index contributed by atoms with van der Waals surface area (Å²) in [4.78, 5) is 12.8. The van der Waals surface area contributed by atoms with Crippen LogP contribution in [0.15, 0.2) is 48.5 Å². The van der Waals surface area contributed by atoms with Crippen LogP contribution in [-0.2, 0) is 6.54 Å². The van der Waals surface area contributed by atoms with Gasteiger partial charge in [-0.3, -0.25) is 4.79 Å². The molecule has 1 aromatic heterocycles. The second-order valence-corrected chi connectivity index (χ2v) is 6.39. The van der Waals surface area contributed by atoms with Crippen molar-refractivity contribution in [2.75, 3.05) is 13.7 Å². The van der Waals surface area contributed by atoms with Crippen molar-refractivity contribution in [3.63, 3.8) is 0 Å². The minimum Gasteiger partial charge on any atom is -0.493 e. The number of ether oxygens (including phenoxy) is 2. The summed E-state index contributed by atoms with van der Waals surface area (Å²) in [5.74, 6) is 1.19. The van der Waals surface area contributed by atoms with Gasteiger partial charge in [-0.15, -0.1) is 0 Å². The van der Waals surface area contributed by atoms with Gasteiger partial charge in [-0.05, 0) is 50.6 Å². The van der Waals surface area contributed by atoms with Crippen molar-refractivity contribution in [1.82, 2.24) is 15.1 Å². The molecule has 3 rings (SSSR count). The van der Waals surface area contributed by atoms with E-state index in [1.807, 2.05) is 69.3 Å². The van der Waals surface area contributed by atoms with Crippen LogP contribution >= 0.6 is 0 Å². The van der Waals surface area contributed by atoms with Gasteiger partial charge in [0.1, 0.15) is 0 Å². The quantitative estimate of drug-likeness (QED) is 0.678. The van der Waals surface area contributed by atoms with Gasteiger partial charge in [0, 0.05) is 6.54 Å². The predicted octanol–water partition coefficient (Wildman–Crippen LogP) is 3.83. The number of hydrogen-bond donors (Lipinski definition) is 1. The maximum atomic E-state index is 12.8. The predicted molar refractivity (Wildman–Crippen MR) is 108 cm³/mol. The lowest BCUT2D eigenvalue weighted by Crippen LogP contribution is -2.24. The lowest BCUT2D eigenvalue weighted by Gasteiger charge is -2.12. The number of hydrogen-bond acceptors (Lipinski definition) is 4. The molecule has 0 bridgehead atoms. The first kappa shape index (κ1) is 19.5. The lowest BCUT2D eigenvalue weighted by molar-refractivity contribution is 0.0949. The molecule has 0 aliphatic carbocycles. The Morgan fingerprint density at radius 3 is 2.54 bits per heavy atom. The molecule has 2 aromatic carbocycles. The number of para-hydroxylation sites is 1. The zero-order valence-corrected chi connectivity index (χ0v) is 16.7. The Balaban J connectivity index is 1.76. The van der Waals surface area contributed by atoms with E-state index in [2.05, 4.69) is 10.4 Å². The zero-order chi connectivity index (χ0) is 20.1. The summed E-state index contributed by atoms with van der Waals surface area (Å²) in [7, 11) is 1.60. The third kappa shape index (κ3) is 4.01. The maximum Gasteiger partial charge on any atom is 0.255 e. The smallest absolute Gasteiger partial charge is 0.255 e. The number of nitrogens with one attached hydrogen (secondary N) is 1. The van der Waals surface area contributed by atoms with E-state index >= 15 is 0 Å². The van der Waals surface area contributed by atoms with Gasteiger partial charge in [-0.2, -0.15) is 5.10 Å². The van der Waals surface area contributed by atoms with E-state index in [1.165, 1.54) is 0 Å². The van der Waals surface area contributed by atoms with Crippen LogP contribution in [0.3, 0.4) is 0 Å². The number of aryl methyl sites for hydroxylation is 1. The SMILES string of the molecule is CCOc1ccc(CNC(=O)c2c(C)nn(-c3ccccc3)c2C)cc1OC. The molecule has 0 unspecified atom stereocenters. The molecule has 0 radical (unpaired) electrons. The number of aromatic nitrogens is 2. The van der Waals surface area contributed by atoms with E-state index < -0.39 is 0 Å². The fourth-order valence-corrected chi connectivity index (χ4v) is 3.16. The highest BCUT2D eigenvalue weighted by molar-refractivity contribution is 5.96. The lowest BCUT2D eigenvalue weighted by atomic mass is 10.1. The van der Waals surface area contributed by atoms with Crippen LogP contribution in [0.25, 0.3) is 5.69 Å². The van der Waals surface area contributed by atoms with E-state index in [0.717, 1.165) is 16.9 Å². The third-order valence-corrected chi connectivity index (χ3v) is 4.50. The third-order valence-electron chi connectivity index (χ3n) is 4.50. The summed E-state index contributed by atoms with van der Waals surface area (Å²) < 4.78 is 12.7. The van der Waals surface area contributed by atoms with Crippen LogP contribution in [0, 0.1) is 13.8 Å². The summed E-state index contributed by atoms with van der Waals surface area (Å²) in [6, 6.07) is 15.4. The number of nitrogens with zero attached hydrogens (tertiary/aromatic N) is 2. The first-order valence-electron chi connectivity index (χ1n) is 9.24. The molecular formula is C22H25N3O3. The molecule has 1 amide bonds. The molecule has 6 nitrogen and oxygen atoms in total. The fraction of sp³-hybridized carbons (Fsp3) is 0.273. The molecule has 28 heavy (non-hydrogen) atoms. The summed E-state index contributed by atoms with van der Waals surface area (Å²) in [6.45, 7) is 6.63. The molecular weight excluding hydrogens is 354 g/mol. The summed E-state index contributed by atoms with van der Waals surface area (Å²) >= 11 is 0. The van der Waals surface area contributed by atoms with Crippen LogP contribution in [0.4, 0.5) is 0 Å². The highest BCUT2D eigenvalue weighted by atomic mass is 16.5. The van der Waals surface area contributed by atoms with E-state index in [9.17, 15) is 4.79 Å². The minimum atomic E-state index is -0.148. The van der Waals surface area contributed by atoms with E-state index in [-0.39, 0.29) is 5.91 Å². The number of rotatable bonds is 7. The Labute approximate surface area is 165 Å². The van der Waals surface area contributed by atoms with Gasteiger partial charge in [0.15, 0.2) is 11.5 Å². The van der Waals surface area contributed by atoms with Crippen LogP contribution in [-0.4, -0.2) is 29.4 Å². The number of carbonyl (C=O) groups excluding carboxylic acids is 1. The zero-order valence-electron chi connectivity index (χ0n) is 16.7. The maximum absolute atomic E-state index is 12.8. The summed E-state index contributed by atoms with van der Waals surface area (Å²) in [5.41, 5.74) is 3.97. The van der Waals surface area contributed by atoms with Crippen LogP contribution in [0.1, 0.15) is 34.2 Å². The van der Waals surface area contributed by atoms with Crippen molar-refractivity contribution in [3.05, 3.63) is 71.0 Å². The Hall–Kier alpha value is -3.28. The van der Waals surface area contributed by atoms with Crippen molar-refractivity contribution in [2.24, 2.45) is 0 Å². The average molecular weight is 379 g/mol. The Bertz CT molecular complexity index is 965. The first-order chi connectivity index (χ1) is 13.5. The second-order valence-electron chi connectivity index (χ2n) is 6.39. The molecule has 0 saturated heterocycles. The summed E-state index contributed by atoms with van der Waals surface area (Å²) in [5, 5.41) is 7.51. The van der Waals surface area contributed by atoms with Crippen molar-refractivity contribution in [2.45, 2.75) is 27.3 Å². The second kappa shape index (κ2) is 8.61. The Morgan fingerprint density at radius 1 is 1.11 bits per heavy atom. The number of amides is 1. The molecule has 0 fully saturated rings. The minimum absolute atomic E-state index is 0.148. The molecule has 3 aromatic rings. The van der Waals surface area contributed by atoms with Gasteiger partial charge in [-0.1, -0.05) is 24.3 Å². The normalized spacial score (nSPS) is 10.6. The number of methoxy groups -OCH3 is 1. The molecule has 0 aliphatic rings. The van der Waals surface area contributed by atoms with E-state index in [0.29, 0.717) is 35.9 Å². The topological polar surface area (TPSA) is 65.4 Å².